The van der Waals surface area contributed by atoms with Gasteiger partial charge in [-0.3, -0.25) is 10.1 Å². The van der Waals surface area contributed by atoms with Crippen molar-refractivity contribution < 1.29 is 18.1 Å². The molecule has 0 bridgehead atoms. The Labute approximate surface area is 154 Å². The highest BCUT2D eigenvalue weighted by molar-refractivity contribution is 6.31. The highest BCUT2D eigenvalue weighted by atomic mass is 35.5. The van der Waals surface area contributed by atoms with Crippen LogP contribution in [0.5, 0.6) is 0 Å². The fraction of sp³-hybridized carbons (Fsp3) is 0.188. The van der Waals surface area contributed by atoms with E-state index in [1.54, 1.807) is 25.1 Å². The summed E-state index contributed by atoms with van der Waals surface area (Å²) in [6, 6.07) is 5.76. The van der Waals surface area contributed by atoms with E-state index >= 15 is 0 Å². The Balaban J connectivity index is 1.98. The molecule has 0 fully saturated rings. The molecule has 7 nitrogen and oxygen atoms in total. The number of nitrogens with one attached hydrogen (secondary N) is 3. The van der Waals surface area contributed by atoms with E-state index in [0.717, 1.165) is 6.07 Å². The minimum Gasteiger partial charge on any atom is -0.373 e. The van der Waals surface area contributed by atoms with E-state index in [9.17, 15) is 28.1 Å². The van der Waals surface area contributed by atoms with Crippen molar-refractivity contribution in [3.63, 3.8) is 0 Å². The molecule has 1 atom stereocenters. The standard InChI is InChI=1S/C16H12ClF3N4O3/c1-7(8-2-3-11-12(4-8)23-15(25)22-11)21-13-6-10(17)9(16(18,19)20)5-14(13)24(26)27/h2-7,21H,1H3,(H2,22,23,25). The zero-order valence-corrected chi connectivity index (χ0v) is 14.4. The maximum atomic E-state index is 12.9. The second-order valence-corrected chi connectivity index (χ2v) is 6.26. The number of alkyl halides is 3. The molecule has 2 aromatic carbocycles. The SMILES string of the molecule is CC(Nc1cc(Cl)c(C(F)(F)F)cc1[N+](=O)[O-])c1ccc2[nH]c(=O)[nH]c2c1. The van der Waals surface area contributed by atoms with Crippen LogP contribution in [-0.4, -0.2) is 14.9 Å². The number of nitro groups is 1. The molecule has 0 aliphatic rings. The molecule has 0 saturated carbocycles. The largest absolute Gasteiger partial charge is 0.418 e. The van der Waals surface area contributed by atoms with Crippen molar-refractivity contribution in [2.24, 2.45) is 0 Å². The minimum absolute atomic E-state index is 0.145. The maximum Gasteiger partial charge on any atom is 0.418 e. The molecule has 3 N–H and O–H groups in total. The lowest BCUT2D eigenvalue weighted by Crippen LogP contribution is -2.11. The average Bonchev–Trinajstić information content (AvgIpc) is 2.92. The molecule has 1 aromatic heterocycles. The van der Waals surface area contributed by atoms with Crippen LogP contribution in [0.25, 0.3) is 11.0 Å². The molecule has 1 unspecified atom stereocenters. The highest BCUT2D eigenvalue weighted by Crippen LogP contribution is 2.41. The van der Waals surface area contributed by atoms with Crippen LogP contribution in [-0.2, 0) is 6.18 Å². The van der Waals surface area contributed by atoms with Crippen molar-refractivity contribution >= 4 is 34.0 Å². The van der Waals surface area contributed by atoms with Crippen LogP contribution >= 0.6 is 11.6 Å². The number of nitrogens with zero attached hydrogens (tertiary/aromatic N) is 1. The Hall–Kier alpha value is -3.01. The van der Waals surface area contributed by atoms with Gasteiger partial charge in [-0.1, -0.05) is 17.7 Å². The summed E-state index contributed by atoms with van der Waals surface area (Å²) in [5.74, 6) is 0. The lowest BCUT2D eigenvalue weighted by atomic mass is 10.1. The van der Waals surface area contributed by atoms with Crippen LogP contribution in [0.1, 0.15) is 24.1 Å². The van der Waals surface area contributed by atoms with Gasteiger partial charge in [0.15, 0.2) is 0 Å². The Morgan fingerprint density at radius 1 is 1.19 bits per heavy atom. The van der Waals surface area contributed by atoms with Crippen LogP contribution < -0.4 is 11.0 Å². The lowest BCUT2D eigenvalue weighted by Gasteiger charge is -2.17. The zero-order valence-electron chi connectivity index (χ0n) is 13.6. The van der Waals surface area contributed by atoms with Crippen molar-refractivity contribution in [2.75, 3.05) is 5.32 Å². The summed E-state index contributed by atoms with van der Waals surface area (Å²) in [4.78, 5) is 26.8. The smallest absolute Gasteiger partial charge is 0.373 e. The first-order valence-electron chi connectivity index (χ1n) is 7.60. The number of aromatic nitrogens is 2. The van der Waals surface area contributed by atoms with Crippen molar-refractivity contribution in [3.8, 4) is 0 Å². The van der Waals surface area contributed by atoms with Gasteiger partial charge in [0, 0.05) is 12.1 Å². The van der Waals surface area contributed by atoms with E-state index in [2.05, 4.69) is 15.3 Å². The quantitative estimate of drug-likeness (QED) is 0.439. The third kappa shape index (κ3) is 3.75. The van der Waals surface area contributed by atoms with Gasteiger partial charge in [0.2, 0.25) is 0 Å². The minimum atomic E-state index is -4.81. The number of H-pyrrole nitrogens is 2. The first-order chi connectivity index (χ1) is 12.6. The van der Waals surface area contributed by atoms with Crippen LogP contribution in [0.3, 0.4) is 0 Å². The molecule has 0 spiro atoms. The Kier molecular flexibility index (Phi) is 4.60. The fourth-order valence-corrected chi connectivity index (χ4v) is 2.95. The average molecular weight is 401 g/mol. The number of benzene rings is 2. The number of aromatic amines is 2. The van der Waals surface area contributed by atoms with Gasteiger partial charge in [-0.05, 0) is 30.7 Å². The van der Waals surface area contributed by atoms with Gasteiger partial charge >= 0.3 is 11.9 Å². The first-order valence-corrected chi connectivity index (χ1v) is 7.97. The molecule has 0 radical (unpaired) electrons. The Morgan fingerprint density at radius 3 is 2.48 bits per heavy atom. The second-order valence-electron chi connectivity index (χ2n) is 5.85. The molecule has 0 saturated heterocycles. The van der Waals surface area contributed by atoms with Gasteiger partial charge in [-0.15, -0.1) is 0 Å². The predicted molar refractivity (Wildman–Crippen MR) is 94.1 cm³/mol. The number of halogens is 4. The number of anilines is 1. The lowest BCUT2D eigenvalue weighted by molar-refractivity contribution is -0.384. The summed E-state index contributed by atoms with van der Waals surface area (Å²) in [5, 5.41) is 13.4. The Morgan fingerprint density at radius 2 is 1.85 bits per heavy atom. The second kappa shape index (κ2) is 6.62. The number of fused-ring (bicyclic) bond motifs is 1. The van der Waals surface area contributed by atoms with E-state index in [0.29, 0.717) is 22.7 Å². The van der Waals surface area contributed by atoms with Gasteiger partial charge in [0.25, 0.3) is 5.69 Å². The summed E-state index contributed by atoms with van der Waals surface area (Å²) >= 11 is 5.67. The monoisotopic (exact) mass is 400 g/mol. The number of hydrogen-bond donors (Lipinski definition) is 3. The summed E-state index contributed by atoms with van der Waals surface area (Å²) in [7, 11) is 0. The summed E-state index contributed by atoms with van der Waals surface area (Å²) in [6.45, 7) is 1.67. The third-order valence-electron chi connectivity index (χ3n) is 4.00. The molecule has 1 heterocycles. The van der Waals surface area contributed by atoms with Crippen LogP contribution in [0, 0.1) is 10.1 Å². The zero-order chi connectivity index (χ0) is 19.9. The van der Waals surface area contributed by atoms with Crippen LogP contribution in [0.2, 0.25) is 5.02 Å². The highest BCUT2D eigenvalue weighted by Gasteiger charge is 2.36. The van der Waals surface area contributed by atoms with E-state index in [-0.39, 0.29) is 11.4 Å². The molecule has 27 heavy (non-hydrogen) atoms. The summed E-state index contributed by atoms with van der Waals surface area (Å²) in [6.07, 6.45) is -4.81. The molecule has 0 aliphatic carbocycles. The number of nitro benzene ring substituents is 1. The van der Waals surface area contributed by atoms with Gasteiger partial charge < -0.3 is 15.3 Å². The molecule has 11 heteroatoms. The molecule has 0 amide bonds. The van der Waals surface area contributed by atoms with Gasteiger partial charge in [0.05, 0.1) is 26.5 Å². The van der Waals surface area contributed by atoms with Crippen molar-refractivity contribution in [3.05, 3.63) is 67.1 Å². The Bertz CT molecular complexity index is 1090. The molecule has 3 rings (SSSR count). The molecular weight excluding hydrogens is 389 g/mol. The van der Waals surface area contributed by atoms with E-state index < -0.39 is 33.4 Å². The van der Waals surface area contributed by atoms with Crippen LogP contribution in [0.15, 0.2) is 35.1 Å². The van der Waals surface area contributed by atoms with E-state index in [4.69, 9.17) is 11.6 Å². The summed E-state index contributed by atoms with van der Waals surface area (Å²) < 4.78 is 38.8. The van der Waals surface area contributed by atoms with Crippen LogP contribution in [0.4, 0.5) is 24.5 Å². The molecular formula is C16H12ClF3N4O3. The van der Waals surface area contributed by atoms with Crippen molar-refractivity contribution in [2.45, 2.75) is 19.1 Å². The molecule has 142 valence electrons. The molecule has 3 aromatic rings. The topological polar surface area (TPSA) is 104 Å². The maximum absolute atomic E-state index is 12.9. The predicted octanol–water partition coefficient (Wildman–Crippen LogP) is 4.61. The number of imidazole rings is 1. The first kappa shape index (κ1) is 18.8. The fourth-order valence-electron chi connectivity index (χ4n) is 2.68. The normalized spacial score (nSPS) is 12.9. The number of hydrogen-bond acceptors (Lipinski definition) is 4. The van der Waals surface area contributed by atoms with Gasteiger partial charge in [-0.2, -0.15) is 13.2 Å². The van der Waals surface area contributed by atoms with E-state index in [1.165, 1.54) is 0 Å². The van der Waals surface area contributed by atoms with E-state index in [1.807, 2.05) is 0 Å². The van der Waals surface area contributed by atoms with Crippen molar-refractivity contribution in [1.82, 2.24) is 9.97 Å². The molecule has 0 aliphatic heterocycles. The summed E-state index contributed by atoms with van der Waals surface area (Å²) in [5.41, 5.74) is -0.773. The van der Waals surface area contributed by atoms with Crippen molar-refractivity contribution in [1.29, 1.82) is 0 Å². The number of rotatable bonds is 4. The van der Waals surface area contributed by atoms with Gasteiger partial charge in [0.1, 0.15) is 5.69 Å². The third-order valence-corrected chi connectivity index (χ3v) is 4.31. The van der Waals surface area contributed by atoms with Gasteiger partial charge in [-0.25, -0.2) is 4.79 Å².